The van der Waals surface area contributed by atoms with E-state index in [4.69, 9.17) is 0 Å². The maximum atomic E-state index is 12.5. The number of pyridine rings is 1. The van der Waals surface area contributed by atoms with Crippen molar-refractivity contribution < 1.29 is 4.79 Å². The van der Waals surface area contributed by atoms with E-state index in [0.29, 0.717) is 5.16 Å². The molecule has 0 fully saturated rings. The molecule has 2 heterocycles. The summed E-state index contributed by atoms with van der Waals surface area (Å²) in [4.78, 5) is 12.5. The van der Waals surface area contributed by atoms with Gasteiger partial charge in [0, 0.05) is 17.1 Å². The molecule has 0 saturated heterocycles. The fourth-order valence-corrected chi connectivity index (χ4v) is 4.11. The first-order valence-corrected chi connectivity index (χ1v) is 10.8. The van der Waals surface area contributed by atoms with Gasteiger partial charge < -0.3 is 10.6 Å². The van der Waals surface area contributed by atoms with Crippen molar-refractivity contribution in [3.63, 3.8) is 0 Å². The van der Waals surface area contributed by atoms with Crippen LogP contribution in [-0.2, 0) is 4.79 Å². The highest BCUT2D eigenvalue weighted by Crippen LogP contribution is 2.24. The van der Waals surface area contributed by atoms with Crippen molar-refractivity contribution in [2.45, 2.75) is 5.16 Å². The van der Waals surface area contributed by atoms with Gasteiger partial charge in [-0.3, -0.25) is 9.20 Å². The Hall–Kier alpha value is -3.84. The second-order valence-corrected chi connectivity index (χ2v) is 7.92. The monoisotopic (exact) mass is 425 g/mol. The van der Waals surface area contributed by atoms with Crippen LogP contribution in [0.15, 0.2) is 96.2 Å². The standard InChI is InChI=1S/C24H19N5OS/c30-23(26-20-13-11-19(12-14-20)25-18-7-2-1-3-8-18)16-31-24-28-27-22-15-10-17-6-4-5-9-21(17)29(22)24/h1-15,25H,16H2,(H,26,30). The number of para-hydroxylation sites is 2. The van der Waals surface area contributed by atoms with Crippen molar-refractivity contribution in [1.82, 2.24) is 14.6 Å². The molecular weight excluding hydrogens is 406 g/mol. The van der Waals surface area contributed by atoms with Gasteiger partial charge in [-0.25, -0.2) is 0 Å². The molecule has 0 aliphatic rings. The van der Waals surface area contributed by atoms with Gasteiger partial charge in [-0.1, -0.05) is 48.2 Å². The molecule has 6 nitrogen and oxygen atoms in total. The number of thioether (sulfide) groups is 1. The molecule has 3 aromatic carbocycles. The number of carbonyl (C=O) groups is 1. The normalized spacial score (nSPS) is 11.0. The van der Waals surface area contributed by atoms with Gasteiger partial charge in [-0.15, -0.1) is 10.2 Å². The van der Waals surface area contributed by atoms with Gasteiger partial charge >= 0.3 is 0 Å². The van der Waals surface area contributed by atoms with E-state index >= 15 is 0 Å². The summed E-state index contributed by atoms with van der Waals surface area (Å²) in [6.45, 7) is 0. The summed E-state index contributed by atoms with van der Waals surface area (Å²) in [7, 11) is 0. The van der Waals surface area contributed by atoms with E-state index in [1.807, 2.05) is 95.4 Å². The first-order chi connectivity index (χ1) is 15.3. The first kappa shape index (κ1) is 19.1. The average molecular weight is 426 g/mol. The predicted octanol–water partition coefficient (Wildman–Crippen LogP) is 5.36. The van der Waals surface area contributed by atoms with Gasteiger partial charge in [0.05, 0.1) is 11.3 Å². The second-order valence-electron chi connectivity index (χ2n) is 6.97. The van der Waals surface area contributed by atoms with Crippen LogP contribution in [0.3, 0.4) is 0 Å². The lowest BCUT2D eigenvalue weighted by Crippen LogP contribution is -2.14. The van der Waals surface area contributed by atoms with Crippen molar-refractivity contribution in [3.8, 4) is 0 Å². The van der Waals surface area contributed by atoms with E-state index < -0.39 is 0 Å². The molecule has 0 aliphatic heterocycles. The molecule has 152 valence electrons. The molecule has 31 heavy (non-hydrogen) atoms. The number of amides is 1. The minimum absolute atomic E-state index is 0.0919. The Morgan fingerprint density at radius 1 is 0.774 bits per heavy atom. The third-order valence-electron chi connectivity index (χ3n) is 4.81. The van der Waals surface area contributed by atoms with E-state index in [1.54, 1.807) is 0 Å². The van der Waals surface area contributed by atoms with Crippen molar-refractivity contribution >= 4 is 51.3 Å². The fourth-order valence-electron chi connectivity index (χ4n) is 3.36. The molecule has 1 amide bonds. The van der Waals surface area contributed by atoms with Crippen LogP contribution in [0.25, 0.3) is 16.6 Å². The summed E-state index contributed by atoms with van der Waals surface area (Å²) < 4.78 is 1.98. The highest BCUT2D eigenvalue weighted by molar-refractivity contribution is 7.99. The highest BCUT2D eigenvalue weighted by atomic mass is 32.2. The Morgan fingerprint density at radius 2 is 1.48 bits per heavy atom. The van der Waals surface area contributed by atoms with Gasteiger partial charge in [0.2, 0.25) is 5.91 Å². The minimum atomic E-state index is -0.0919. The third kappa shape index (κ3) is 4.22. The Bertz CT molecular complexity index is 1350. The Morgan fingerprint density at radius 3 is 2.32 bits per heavy atom. The lowest BCUT2D eigenvalue weighted by Gasteiger charge is -2.09. The van der Waals surface area contributed by atoms with E-state index in [1.165, 1.54) is 11.8 Å². The molecular formula is C24H19N5OS. The number of anilines is 3. The lowest BCUT2D eigenvalue weighted by atomic mass is 10.2. The van der Waals surface area contributed by atoms with Crippen LogP contribution < -0.4 is 10.6 Å². The number of nitrogens with zero attached hydrogens (tertiary/aromatic N) is 3. The van der Waals surface area contributed by atoms with Crippen molar-refractivity contribution in [3.05, 3.63) is 91.0 Å². The third-order valence-corrected chi connectivity index (χ3v) is 5.74. The summed E-state index contributed by atoms with van der Waals surface area (Å²) in [5.74, 6) is 0.152. The molecule has 5 aromatic rings. The smallest absolute Gasteiger partial charge is 0.234 e. The molecule has 0 aliphatic carbocycles. The van der Waals surface area contributed by atoms with Crippen LogP contribution in [0.5, 0.6) is 0 Å². The molecule has 0 spiro atoms. The van der Waals surface area contributed by atoms with E-state index in [9.17, 15) is 4.79 Å². The topological polar surface area (TPSA) is 71.3 Å². The zero-order chi connectivity index (χ0) is 21.0. The number of benzene rings is 3. The van der Waals surface area contributed by atoms with Crippen molar-refractivity contribution in [1.29, 1.82) is 0 Å². The van der Waals surface area contributed by atoms with Crippen LogP contribution in [0, 0.1) is 0 Å². The maximum Gasteiger partial charge on any atom is 0.234 e. The van der Waals surface area contributed by atoms with Crippen LogP contribution in [-0.4, -0.2) is 26.3 Å². The van der Waals surface area contributed by atoms with E-state index in [2.05, 4.69) is 20.8 Å². The fraction of sp³-hybridized carbons (Fsp3) is 0.0417. The van der Waals surface area contributed by atoms with Crippen LogP contribution >= 0.6 is 11.8 Å². The largest absolute Gasteiger partial charge is 0.356 e. The molecule has 0 atom stereocenters. The summed E-state index contributed by atoms with van der Waals surface area (Å²) in [5, 5.41) is 16.6. The predicted molar refractivity (Wildman–Crippen MR) is 126 cm³/mol. The van der Waals surface area contributed by atoms with Crippen molar-refractivity contribution in [2.24, 2.45) is 0 Å². The first-order valence-electron chi connectivity index (χ1n) is 9.84. The highest BCUT2D eigenvalue weighted by Gasteiger charge is 2.12. The summed E-state index contributed by atoms with van der Waals surface area (Å²) >= 11 is 1.37. The number of aromatic nitrogens is 3. The number of hydrogen-bond donors (Lipinski definition) is 2. The zero-order valence-electron chi connectivity index (χ0n) is 16.5. The molecule has 0 radical (unpaired) electrons. The minimum Gasteiger partial charge on any atom is -0.356 e. The number of fused-ring (bicyclic) bond motifs is 3. The molecule has 7 heteroatoms. The lowest BCUT2D eigenvalue weighted by molar-refractivity contribution is -0.113. The Kier molecular flexibility index (Phi) is 5.24. The van der Waals surface area contributed by atoms with Gasteiger partial charge in [0.25, 0.3) is 0 Å². The van der Waals surface area contributed by atoms with E-state index in [-0.39, 0.29) is 11.7 Å². The van der Waals surface area contributed by atoms with Gasteiger partial charge in [-0.2, -0.15) is 0 Å². The second kappa shape index (κ2) is 8.49. The summed E-state index contributed by atoms with van der Waals surface area (Å²) in [5.41, 5.74) is 4.52. The average Bonchev–Trinajstić information content (AvgIpc) is 3.23. The zero-order valence-corrected chi connectivity index (χ0v) is 17.3. The number of carbonyl (C=O) groups excluding carboxylic acids is 1. The quantitative estimate of drug-likeness (QED) is 0.359. The SMILES string of the molecule is O=C(CSc1nnc2ccc3ccccc3n12)Nc1ccc(Nc2ccccc2)cc1. The van der Waals surface area contributed by atoms with Crippen molar-refractivity contribution in [2.75, 3.05) is 16.4 Å². The summed E-state index contributed by atoms with van der Waals surface area (Å²) in [6, 6.07) is 29.6. The van der Waals surface area contributed by atoms with Crippen LogP contribution in [0.4, 0.5) is 17.1 Å². The molecule has 5 rings (SSSR count). The van der Waals surface area contributed by atoms with Gasteiger partial charge in [-0.05, 0) is 60.0 Å². The molecule has 2 N–H and O–H groups in total. The number of hydrogen-bond acceptors (Lipinski definition) is 5. The Labute approximate surface area is 183 Å². The van der Waals surface area contributed by atoms with Crippen LogP contribution in [0.1, 0.15) is 0 Å². The van der Waals surface area contributed by atoms with E-state index in [0.717, 1.165) is 33.6 Å². The number of rotatable bonds is 6. The molecule has 0 saturated carbocycles. The van der Waals surface area contributed by atoms with Gasteiger partial charge in [0.1, 0.15) is 0 Å². The van der Waals surface area contributed by atoms with Gasteiger partial charge in [0.15, 0.2) is 10.8 Å². The summed E-state index contributed by atoms with van der Waals surface area (Å²) in [6.07, 6.45) is 0. The Balaban J connectivity index is 1.24. The maximum absolute atomic E-state index is 12.5. The van der Waals surface area contributed by atoms with Crippen LogP contribution in [0.2, 0.25) is 0 Å². The molecule has 0 bridgehead atoms. The number of nitrogens with one attached hydrogen (secondary N) is 2. The molecule has 2 aromatic heterocycles. The molecule has 0 unspecified atom stereocenters.